The van der Waals surface area contributed by atoms with Crippen LogP contribution in [0.5, 0.6) is 0 Å². The van der Waals surface area contributed by atoms with E-state index in [1.165, 1.54) is 22.6 Å². The smallest absolute Gasteiger partial charge is 0.330 e. The maximum Gasteiger partial charge on any atom is 0.330 e. The second-order valence-electron chi connectivity index (χ2n) is 7.55. The molecule has 0 saturated carbocycles. The van der Waals surface area contributed by atoms with Crippen molar-refractivity contribution in [3.63, 3.8) is 0 Å². The number of H-pyrrole nitrogens is 1. The molecule has 0 radical (unpaired) electrons. The molecule has 0 atom stereocenters. The highest BCUT2D eigenvalue weighted by molar-refractivity contribution is 5.95. The summed E-state index contributed by atoms with van der Waals surface area (Å²) in [7, 11) is 1.53. The third-order valence-electron chi connectivity index (χ3n) is 5.26. The van der Waals surface area contributed by atoms with Gasteiger partial charge in [-0.1, -0.05) is 48.5 Å². The molecule has 2 aromatic carbocycles. The summed E-state index contributed by atoms with van der Waals surface area (Å²) >= 11 is 0. The van der Waals surface area contributed by atoms with E-state index in [9.17, 15) is 18.8 Å². The molecule has 1 aromatic heterocycles. The van der Waals surface area contributed by atoms with Gasteiger partial charge in [-0.05, 0) is 30.0 Å². The predicted octanol–water partition coefficient (Wildman–Crippen LogP) is 2.31. The number of nitrogen functional groups attached to an aromatic ring is 1. The summed E-state index contributed by atoms with van der Waals surface area (Å²) in [5.41, 5.74) is 5.96. The highest BCUT2D eigenvalue weighted by atomic mass is 19.1. The molecule has 0 aliphatic carbocycles. The number of aromatic amines is 1. The van der Waals surface area contributed by atoms with Gasteiger partial charge in [-0.25, -0.2) is 9.18 Å². The first-order valence-corrected chi connectivity index (χ1v) is 10.6. The number of aromatic nitrogens is 2. The van der Waals surface area contributed by atoms with Crippen molar-refractivity contribution in [3.8, 4) is 0 Å². The Morgan fingerprint density at radius 2 is 1.82 bits per heavy atom. The molecule has 0 unspecified atom stereocenters. The van der Waals surface area contributed by atoms with Gasteiger partial charge < -0.3 is 15.4 Å². The van der Waals surface area contributed by atoms with Crippen molar-refractivity contribution in [2.24, 2.45) is 0 Å². The van der Waals surface area contributed by atoms with Crippen LogP contribution >= 0.6 is 0 Å². The maximum atomic E-state index is 14.0. The highest BCUT2D eigenvalue weighted by Gasteiger charge is 2.24. The number of carbonyl (C=O) groups excluding carboxylic acids is 1. The van der Waals surface area contributed by atoms with E-state index in [-0.39, 0.29) is 37.4 Å². The average molecular weight is 455 g/mol. The van der Waals surface area contributed by atoms with E-state index in [0.717, 1.165) is 5.56 Å². The quantitative estimate of drug-likeness (QED) is 0.457. The molecule has 0 bridgehead atoms. The van der Waals surface area contributed by atoms with Gasteiger partial charge in [0.15, 0.2) is 5.69 Å². The van der Waals surface area contributed by atoms with Crippen molar-refractivity contribution in [1.82, 2.24) is 9.55 Å². The number of nitrogens with zero attached hydrogens (tertiary/aromatic N) is 2. The number of methoxy groups -OCH3 is 1. The Morgan fingerprint density at radius 3 is 2.52 bits per heavy atom. The van der Waals surface area contributed by atoms with Crippen LogP contribution in [0, 0.1) is 5.82 Å². The average Bonchev–Trinajstić information content (AvgIpc) is 2.80. The number of anilines is 2. The Labute approximate surface area is 190 Å². The van der Waals surface area contributed by atoms with E-state index in [4.69, 9.17) is 10.5 Å². The van der Waals surface area contributed by atoms with E-state index in [2.05, 4.69) is 4.98 Å². The number of benzene rings is 2. The largest absolute Gasteiger partial charge is 0.385 e. The van der Waals surface area contributed by atoms with Gasteiger partial charge in [0.25, 0.3) is 5.56 Å². The summed E-state index contributed by atoms with van der Waals surface area (Å²) in [6, 6.07) is 15.4. The van der Waals surface area contributed by atoms with E-state index in [0.29, 0.717) is 18.6 Å². The number of halogens is 1. The molecule has 0 saturated heterocycles. The van der Waals surface area contributed by atoms with Crippen LogP contribution in [-0.4, -0.2) is 35.7 Å². The van der Waals surface area contributed by atoms with Gasteiger partial charge in [0.05, 0.1) is 6.54 Å². The Balaban J connectivity index is 1.94. The van der Waals surface area contributed by atoms with Crippen LogP contribution in [0.2, 0.25) is 0 Å². The molecule has 1 heterocycles. The van der Waals surface area contributed by atoms with Gasteiger partial charge in [0, 0.05) is 26.7 Å². The number of nitrogens with two attached hydrogens (primary N) is 1. The molecular weight excluding hydrogens is 427 g/mol. The number of amides is 1. The van der Waals surface area contributed by atoms with E-state index in [1.807, 2.05) is 30.3 Å². The van der Waals surface area contributed by atoms with Crippen LogP contribution in [0.25, 0.3) is 0 Å². The van der Waals surface area contributed by atoms with Crippen molar-refractivity contribution >= 4 is 17.4 Å². The molecule has 33 heavy (non-hydrogen) atoms. The Morgan fingerprint density at radius 1 is 1.12 bits per heavy atom. The van der Waals surface area contributed by atoms with Crippen LogP contribution in [-0.2, 0) is 22.5 Å². The Kier molecular flexibility index (Phi) is 8.15. The first kappa shape index (κ1) is 23.9. The minimum absolute atomic E-state index is 0.0371. The van der Waals surface area contributed by atoms with Crippen LogP contribution in [0.4, 0.5) is 15.9 Å². The summed E-state index contributed by atoms with van der Waals surface area (Å²) in [4.78, 5) is 41.9. The van der Waals surface area contributed by atoms with Crippen LogP contribution in [0.15, 0.2) is 64.2 Å². The monoisotopic (exact) mass is 454 g/mol. The number of rotatable bonds is 10. The van der Waals surface area contributed by atoms with Gasteiger partial charge in [-0.3, -0.25) is 19.1 Å². The van der Waals surface area contributed by atoms with Gasteiger partial charge in [-0.2, -0.15) is 0 Å². The number of ether oxygens (including phenoxy) is 1. The number of hydrogen-bond donors (Lipinski definition) is 2. The minimum atomic E-state index is -0.751. The fourth-order valence-corrected chi connectivity index (χ4v) is 3.57. The number of hydrogen-bond acceptors (Lipinski definition) is 5. The standard InChI is InChI=1S/C24H27FN4O4/c1-33-15-7-14-28(20(30)13-12-18-10-5-6-11-19(18)25)21-22(26)29(24(32)27-23(21)31)16-17-8-3-2-4-9-17/h2-6,8-11H,7,12-16,26H2,1H3,(H,27,31,32). The van der Waals surface area contributed by atoms with Crippen molar-refractivity contribution in [2.75, 3.05) is 30.9 Å². The van der Waals surface area contributed by atoms with E-state index in [1.54, 1.807) is 18.2 Å². The zero-order valence-corrected chi connectivity index (χ0v) is 18.4. The van der Waals surface area contributed by atoms with Gasteiger partial charge >= 0.3 is 5.69 Å². The van der Waals surface area contributed by atoms with Gasteiger partial charge in [0.1, 0.15) is 11.6 Å². The molecule has 3 aromatic rings. The van der Waals surface area contributed by atoms with Crippen molar-refractivity contribution < 1.29 is 13.9 Å². The molecule has 8 nitrogen and oxygen atoms in total. The summed E-state index contributed by atoms with van der Waals surface area (Å²) in [6.07, 6.45) is 0.566. The van der Waals surface area contributed by atoms with Crippen molar-refractivity contribution in [2.45, 2.75) is 25.8 Å². The third kappa shape index (κ3) is 5.95. The van der Waals surface area contributed by atoms with E-state index >= 15 is 0 Å². The fraction of sp³-hybridized carbons (Fsp3) is 0.292. The Hall–Kier alpha value is -3.72. The molecule has 174 valence electrons. The molecule has 9 heteroatoms. The predicted molar refractivity (Wildman–Crippen MR) is 125 cm³/mol. The van der Waals surface area contributed by atoms with Crippen molar-refractivity contribution in [1.29, 1.82) is 0 Å². The highest BCUT2D eigenvalue weighted by Crippen LogP contribution is 2.20. The summed E-state index contributed by atoms with van der Waals surface area (Å²) in [5.74, 6) is -0.911. The molecule has 0 fully saturated rings. The molecule has 0 aliphatic rings. The second-order valence-corrected chi connectivity index (χ2v) is 7.55. The van der Waals surface area contributed by atoms with Crippen LogP contribution in [0.1, 0.15) is 24.0 Å². The SMILES string of the molecule is COCCCN(C(=O)CCc1ccccc1F)c1c(N)n(Cc2ccccc2)c(=O)[nH]c1=O. The first-order chi connectivity index (χ1) is 15.9. The summed E-state index contributed by atoms with van der Waals surface area (Å²) in [5, 5.41) is 0. The molecule has 3 rings (SSSR count). The normalized spacial score (nSPS) is 10.8. The zero-order chi connectivity index (χ0) is 23.8. The first-order valence-electron chi connectivity index (χ1n) is 10.6. The molecule has 0 aliphatic heterocycles. The summed E-state index contributed by atoms with van der Waals surface area (Å²) in [6.45, 7) is 0.643. The number of aryl methyl sites for hydroxylation is 1. The second kappa shape index (κ2) is 11.2. The lowest BCUT2D eigenvalue weighted by Gasteiger charge is -2.24. The zero-order valence-electron chi connectivity index (χ0n) is 18.4. The Bertz CT molecular complexity index is 1210. The lowest BCUT2D eigenvalue weighted by Crippen LogP contribution is -2.42. The topological polar surface area (TPSA) is 110 Å². The maximum absolute atomic E-state index is 14.0. The summed E-state index contributed by atoms with van der Waals surface area (Å²) < 4.78 is 20.3. The molecule has 3 N–H and O–H groups in total. The molecule has 0 spiro atoms. The number of carbonyl (C=O) groups is 1. The molecular formula is C24H27FN4O4. The van der Waals surface area contributed by atoms with Crippen LogP contribution < -0.4 is 21.9 Å². The van der Waals surface area contributed by atoms with E-state index < -0.39 is 23.0 Å². The lowest BCUT2D eigenvalue weighted by molar-refractivity contribution is -0.118. The van der Waals surface area contributed by atoms with Gasteiger partial charge in [-0.15, -0.1) is 0 Å². The molecule has 1 amide bonds. The fourth-order valence-electron chi connectivity index (χ4n) is 3.57. The minimum Gasteiger partial charge on any atom is -0.385 e. The third-order valence-corrected chi connectivity index (χ3v) is 5.26. The van der Waals surface area contributed by atoms with Crippen molar-refractivity contribution in [3.05, 3.63) is 92.4 Å². The van der Waals surface area contributed by atoms with Gasteiger partial charge in [0.2, 0.25) is 5.91 Å². The lowest BCUT2D eigenvalue weighted by atomic mass is 10.1. The number of nitrogens with one attached hydrogen (secondary N) is 1. The van der Waals surface area contributed by atoms with Crippen LogP contribution in [0.3, 0.4) is 0 Å².